The van der Waals surface area contributed by atoms with Gasteiger partial charge in [-0.1, -0.05) is 0 Å². The third-order valence-electron chi connectivity index (χ3n) is 2.62. The lowest BCUT2D eigenvalue weighted by molar-refractivity contribution is 0.627. The lowest BCUT2D eigenvalue weighted by atomic mass is 10.2. The van der Waals surface area contributed by atoms with E-state index in [1.54, 1.807) is 6.07 Å². The predicted octanol–water partition coefficient (Wildman–Crippen LogP) is 2.87. The van der Waals surface area contributed by atoms with Crippen LogP contribution in [0, 0.1) is 17.1 Å². The summed E-state index contributed by atoms with van der Waals surface area (Å²) in [5.41, 5.74) is 1.72. The molecule has 0 saturated carbocycles. The van der Waals surface area contributed by atoms with Gasteiger partial charge in [-0.05, 0) is 22.0 Å². The fourth-order valence-corrected chi connectivity index (χ4v) is 2.21. The molecule has 0 aliphatic heterocycles. The van der Waals surface area contributed by atoms with Crippen molar-refractivity contribution in [1.82, 2.24) is 19.9 Å². The van der Waals surface area contributed by atoms with Crippen molar-refractivity contribution >= 4 is 38.6 Å². The molecule has 2 N–H and O–H groups in total. The van der Waals surface area contributed by atoms with Crippen LogP contribution in [0.15, 0.2) is 29.3 Å². The average molecular weight is 333 g/mol. The minimum Gasteiger partial charge on any atom is -0.344 e. The molecule has 0 radical (unpaired) electrons. The van der Waals surface area contributed by atoms with E-state index in [0.29, 0.717) is 16.6 Å². The van der Waals surface area contributed by atoms with Gasteiger partial charge in [-0.2, -0.15) is 5.26 Å². The molecule has 0 bridgehead atoms. The highest BCUT2D eigenvalue weighted by Gasteiger charge is 2.14. The van der Waals surface area contributed by atoms with E-state index < -0.39 is 5.82 Å². The molecule has 0 aliphatic rings. The Balaban J connectivity index is 2.01. The molecule has 3 rings (SSSR count). The first-order valence-electron chi connectivity index (χ1n) is 5.49. The molecule has 0 spiro atoms. The van der Waals surface area contributed by atoms with Gasteiger partial charge in [0.05, 0.1) is 40.0 Å². The predicted molar refractivity (Wildman–Crippen MR) is 73.8 cm³/mol. The van der Waals surface area contributed by atoms with Crippen molar-refractivity contribution in [3.8, 4) is 6.07 Å². The lowest BCUT2D eigenvalue weighted by Crippen LogP contribution is -2.00. The standard InChI is InChI=1S/C12H6BrFN6/c13-9-10(14)7(1-8-11(9)19-5-18-8)20-12-16-3-6(2-15)4-17-12/h1,3-5H,(H,18,19)(H,16,17,20). The summed E-state index contributed by atoms with van der Waals surface area (Å²) in [6.07, 6.45) is 4.20. The van der Waals surface area contributed by atoms with E-state index in [0.717, 1.165) is 0 Å². The number of hydrogen-bond donors (Lipinski definition) is 2. The van der Waals surface area contributed by atoms with Crippen LogP contribution in [0.4, 0.5) is 16.0 Å². The molecule has 1 aromatic carbocycles. The molecule has 0 amide bonds. The topological polar surface area (TPSA) is 90.3 Å². The van der Waals surface area contributed by atoms with E-state index in [2.05, 4.69) is 41.2 Å². The number of imidazole rings is 1. The van der Waals surface area contributed by atoms with Crippen LogP contribution in [0.2, 0.25) is 0 Å². The number of fused-ring (bicyclic) bond motifs is 1. The summed E-state index contributed by atoms with van der Waals surface area (Å²) in [7, 11) is 0. The van der Waals surface area contributed by atoms with Gasteiger partial charge in [0.15, 0.2) is 5.82 Å². The maximum absolute atomic E-state index is 14.2. The fraction of sp³-hybridized carbons (Fsp3) is 0. The van der Waals surface area contributed by atoms with Gasteiger partial charge in [-0.15, -0.1) is 0 Å². The number of nitrogens with zero attached hydrogens (tertiary/aromatic N) is 4. The number of H-pyrrole nitrogens is 1. The number of anilines is 2. The van der Waals surface area contributed by atoms with Gasteiger partial charge in [-0.3, -0.25) is 0 Å². The molecule has 6 nitrogen and oxygen atoms in total. The summed E-state index contributed by atoms with van der Waals surface area (Å²) >= 11 is 3.17. The molecule has 0 atom stereocenters. The summed E-state index contributed by atoms with van der Waals surface area (Å²) in [5.74, 6) is -0.286. The van der Waals surface area contributed by atoms with Gasteiger partial charge in [0.1, 0.15) is 11.6 Å². The largest absolute Gasteiger partial charge is 0.344 e. The van der Waals surface area contributed by atoms with Gasteiger partial charge in [0.25, 0.3) is 0 Å². The Bertz CT molecular complexity index is 820. The van der Waals surface area contributed by atoms with Crippen molar-refractivity contribution in [1.29, 1.82) is 5.26 Å². The summed E-state index contributed by atoms with van der Waals surface area (Å²) in [6.45, 7) is 0. The summed E-state index contributed by atoms with van der Waals surface area (Å²) in [4.78, 5) is 14.8. The van der Waals surface area contributed by atoms with Crippen LogP contribution in [0.3, 0.4) is 0 Å². The number of hydrogen-bond acceptors (Lipinski definition) is 5. The molecule has 3 aromatic rings. The Hall–Kier alpha value is -2.53. The zero-order valence-corrected chi connectivity index (χ0v) is 11.4. The van der Waals surface area contributed by atoms with Gasteiger partial charge in [0, 0.05) is 0 Å². The van der Waals surface area contributed by atoms with E-state index in [-0.39, 0.29) is 16.1 Å². The average Bonchev–Trinajstić information content (AvgIpc) is 2.93. The van der Waals surface area contributed by atoms with Crippen molar-refractivity contribution < 1.29 is 4.39 Å². The molecule has 8 heteroatoms. The fourth-order valence-electron chi connectivity index (χ4n) is 1.68. The Morgan fingerprint density at radius 2 is 2.05 bits per heavy atom. The highest BCUT2D eigenvalue weighted by atomic mass is 79.9. The second-order valence-electron chi connectivity index (χ2n) is 3.88. The monoisotopic (exact) mass is 332 g/mol. The Morgan fingerprint density at radius 1 is 1.30 bits per heavy atom. The van der Waals surface area contributed by atoms with Crippen molar-refractivity contribution in [2.75, 3.05) is 5.32 Å². The molecule has 20 heavy (non-hydrogen) atoms. The molecule has 0 fully saturated rings. The van der Waals surface area contributed by atoms with Crippen LogP contribution < -0.4 is 5.32 Å². The number of rotatable bonds is 2. The Morgan fingerprint density at radius 3 is 2.75 bits per heavy atom. The molecule has 2 aromatic heterocycles. The minimum absolute atomic E-state index is 0.202. The molecule has 0 unspecified atom stereocenters. The number of nitriles is 1. The maximum Gasteiger partial charge on any atom is 0.227 e. The number of aromatic amines is 1. The highest BCUT2D eigenvalue weighted by Crippen LogP contribution is 2.31. The third-order valence-corrected chi connectivity index (χ3v) is 3.35. The summed E-state index contributed by atoms with van der Waals surface area (Å²) in [5, 5.41) is 11.4. The van der Waals surface area contributed by atoms with Crippen molar-refractivity contribution in [2.45, 2.75) is 0 Å². The molecule has 98 valence electrons. The van der Waals surface area contributed by atoms with Crippen molar-refractivity contribution in [3.63, 3.8) is 0 Å². The SMILES string of the molecule is N#Cc1cnc(Nc2cc3[nH]cnc3c(Br)c2F)nc1. The molecule has 2 heterocycles. The number of halogens is 2. The molecule has 0 saturated heterocycles. The number of aromatic nitrogens is 4. The third kappa shape index (κ3) is 2.08. The maximum atomic E-state index is 14.2. The second kappa shape index (κ2) is 4.86. The molecular weight excluding hydrogens is 327 g/mol. The van der Waals surface area contributed by atoms with Gasteiger partial charge in [-0.25, -0.2) is 19.3 Å². The molecule has 0 aliphatic carbocycles. The summed E-state index contributed by atoms with van der Waals surface area (Å²) < 4.78 is 14.4. The van der Waals surface area contributed by atoms with Crippen LogP contribution in [0.25, 0.3) is 11.0 Å². The van der Waals surface area contributed by atoms with Crippen LogP contribution >= 0.6 is 15.9 Å². The quantitative estimate of drug-likeness (QED) is 0.753. The highest BCUT2D eigenvalue weighted by molar-refractivity contribution is 9.10. The van der Waals surface area contributed by atoms with Crippen molar-refractivity contribution in [3.05, 3.63) is 40.6 Å². The second-order valence-corrected chi connectivity index (χ2v) is 4.68. The van der Waals surface area contributed by atoms with Gasteiger partial charge < -0.3 is 10.3 Å². The normalized spacial score (nSPS) is 10.4. The van der Waals surface area contributed by atoms with Crippen LogP contribution in [-0.2, 0) is 0 Å². The van der Waals surface area contributed by atoms with E-state index in [4.69, 9.17) is 5.26 Å². The molecular formula is C12H6BrFN6. The number of benzene rings is 1. The van der Waals surface area contributed by atoms with E-state index >= 15 is 0 Å². The van der Waals surface area contributed by atoms with Crippen LogP contribution in [0.1, 0.15) is 5.56 Å². The first kappa shape index (κ1) is 12.5. The van der Waals surface area contributed by atoms with Crippen LogP contribution in [0.5, 0.6) is 0 Å². The van der Waals surface area contributed by atoms with Crippen LogP contribution in [-0.4, -0.2) is 19.9 Å². The lowest BCUT2D eigenvalue weighted by Gasteiger charge is -2.07. The van der Waals surface area contributed by atoms with Gasteiger partial charge in [0.2, 0.25) is 5.95 Å². The smallest absolute Gasteiger partial charge is 0.227 e. The van der Waals surface area contributed by atoms with E-state index in [1.165, 1.54) is 18.7 Å². The number of nitrogens with one attached hydrogen (secondary N) is 2. The first-order valence-corrected chi connectivity index (χ1v) is 6.28. The first-order chi connectivity index (χ1) is 9.69. The van der Waals surface area contributed by atoms with E-state index in [1.807, 2.05) is 6.07 Å². The van der Waals surface area contributed by atoms with Gasteiger partial charge >= 0.3 is 0 Å². The van der Waals surface area contributed by atoms with E-state index in [9.17, 15) is 4.39 Å². The zero-order chi connectivity index (χ0) is 14.1. The minimum atomic E-state index is -0.488. The Labute approximate surface area is 120 Å². The zero-order valence-electron chi connectivity index (χ0n) is 9.85. The summed E-state index contributed by atoms with van der Waals surface area (Å²) in [6, 6.07) is 3.49. The van der Waals surface area contributed by atoms with Crippen molar-refractivity contribution in [2.24, 2.45) is 0 Å². The Kier molecular flexibility index (Phi) is 3.04.